The van der Waals surface area contributed by atoms with Gasteiger partial charge in [-0.3, -0.25) is 9.78 Å². The molecule has 4 aromatic rings. The van der Waals surface area contributed by atoms with Crippen LogP contribution in [0.4, 0.5) is 0 Å². The van der Waals surface area contributed by atoms with Gasteiger partial charge in [-0.2, -0.15) is 9.50 Å². The van der Waals surface area contributed by atoms with Gasteiger partial charge in [-0.15, -0.1) is 5.10 Å². The lowest BCUT2D eigenvalue weighted by atomic mass is 10.3. The third kappa shape index (κ3) is 2.36. The van der Waals surface area contributed by atoms with Crippen molar-refractivity contribution in [2.75, 3.05) is 6.26 Å². The number of hydrogen-bond acceptors (Lipinski definition) is 6. The summed E-state index contributed by atoms with van der Waals surface area (Å²) in [6.45, 7) is 0.418. The van der Waals surface area contributed by atoms with Crippen LogP contribution in [0.1, 0.15) is 5.69 Å². The topological polar surface area (TPSA) is 78.0 Å². The zero-order valence-electron chi connectivity index (χ0n) is 12.2. The van der Waals surface area contributed by atoms with Gasteiger partial charge in [0.2, 0.25) is 5.16 Å². The van der Waals surface area contributed by atoms with Crippen molar-refractivity contribution >= 4 is 28.4 Å². The smallest absolute Gasteiger partial charge is 0.261 e. The van der Waals surface area contributed by atoms with Gasteiger partial charge in [0, 0.05) is 18.6 Å². The predicted octanol–water partition coefficient (Wildman–Crippen LogP) is 1.60. The van der Waals surface area contributed by atoms with Gasteiger partial charge >= 0.3 is 0 Å². The summed E-state index contributed by atoms with van der Waals surface area (Å²) < 4.78 is 3.22. The maximum absolute atomic E-state index is 12.7. The summed E-state index contributed by atoms with van der Waals surface area (Å²) in [7, 11) is 0. The summed E-state index contributed by atoms with van der Waals surface area (Å²) in [5.41, 5.74) is 1.40. The molecule has 0 saturated heterocycles. The molecule has 7 nitrogen and oxygen atoms in total. The minimum absolute atomic E-state index is 0.122. The van der Waals surface area contributed by atoms with E-state index < -0.39 is 0 Å². The van der Waals surface area contributed by atoms with Crippen molar-refractivity contribution in [1.29, 1.82) is 0 Å². The Kier molecular flexibility index (Phi) is 3.30. The number of rotatable bonds is 3. The van der Waals surface area contributed by atoms with E-state index in [1.807, 2.05) is 30.5 Å². The van der Waals surface area contributed by atoms with E-state index in [0.717, 1.165) is 5.69 Å². The number of aromatic nitrogens is 6. The van der Waals surface area contributed by atoms with Crippen molar-refractivity contribution in [3.8, 4) is 0 Å². The summed E-state index contributed by atoms with van der Waals surface area (Å²) in [6.07, 6.45) is 6.92. The predicted molar refractivity (Wildman–Crippen MR) is 87.7 cm³/mol. The second-order valence-corrected chi connectivity index (χ2v) is 5.71. The van der Waals surface area contributed by atoms with Crippen LogP contribution in [-0.2, 0) is 6.54 Å². The van der Waals surface area contributed by atoms with Gasteiger partial charge < -0.3 is 4.57 Å². The molecule has 0 N–H and O–H groups in total. The zero-order valence-corrected chi connectivity index (χ0v) is 13.1. The van der Waals surface area contributed by atoms with Crippen LogP contribution in [0.5, 0.6) is 0 Å². The fraction of sp³-hybridized carbons (Fsp3) is 0.133. The fourth-order valence-corrected chi connectivity index (χ4v) is 2.75. The average molecular weight is 324 g/mol. The lowest BCUT2D eigenvalue weighted by Gasteiger charge is -2.07. The van der Waals surface area contributed by atoms with Crippen molar-refractivity contribution in [1.82, 2.24) is 29.1 Å². The molecule has 0 aliphatic carbocycles. The van der Waals surface area contributed by atoms with Crippen LogP contribution >= 0.6 is 11.8 Å². The lowest BCUT2D eigenvalue weighted by Crippen LogP contribution is -2.21. The van der Waals surface area contributed by atoms with E-state index in [0.29, 0.717) is 28.4 Å². The van der Waals surface area contributed by atoms with Crippen LogP contribution in [0, 0.1) is 0 Å². The third-order valence-electron chi connectivity index (χ3n) is 3.53. The number of pyridine rings is 2. The highest BCUT2D eigenvalue weighted by Gasteiger charge is 2.11. The molecule has 114 valence electrons. The summed E-state index contributed by atoms with van der Waals surface area (Å²) in [6, 6.07) is 7.49. The molecule has 0 saturated carbocycles. The Labute approximate surface area is 135 Å². The summed E-state index contributed by atoms with van der Waals surface area (Å²) in [4.78, 5) is 25.5. The number of fused-ring (bicyclic) bond motifs is 3. The van der Waals surface area contributed by atoms with Gasteiger partial charge in [-0.1, -0.05) is 17.8 Å². The van der Waals surface area contributed by atoms with E-state index in [1.165, 1.54) is 11.8 Å². The number of nitrogens with zero attached hydrogens (tertiary/aromatic N) is 6. The quantitative estimate of drug-likeness (QED) is 0.533. The lowest BCUT2D eigenvalue weighted by molar-refractivity contribution is 0.744. The fourth-order valence-electron chi connectivity index (χ4n) is 2.42. The molecule has 0 bridgehead atoms. The van der Waals surface area contributed by atoms with Crippen LogP contribution in [0.15, 0.2) is 52.8 Å². The van der Waals surface area contributed by atoms with Crippen LogP contribution in [0.2, 0.25) is 0 Å². The van der Waals surface area contributed by atoms with Crippen molar-refractivity contribution < 1.29 is 0 Å². The molecular weight excluding hydrogens is 312 g/mol. The van der Waals surface area contributed by atoms with Crippen molar-refractivity contribution in [3.05, 3.63) is 58.9 Å². The second kappa shape index (κ2) is 5.47. The van der Waals surface area contributed by atoms with Gasteiger partial charge in [-0.05, 0) is 24.5 Å². The van der Waals surface area contributed by atoms with Gasteiger partial charge in [0.05, 0.1) is 23.1 Å². The highest BCUT2D eigenvalue weighted by atomic mass is 32.2. The summed E-state index contributed by atoms with van der Waals surface area (Å²) in [5.74, 6) is 0.490. The molecule has 0 aliphatic heterocycles. The minimum atomic E-state index is -0.122. The molecule has 0 spiro atoms. The molecule has 23 heavy (non-hydrogen) atoms. The van der Waals surface area contributed by atoms with E-state index in [4.69, 9.17) is 0 Å². The first kappa shape index (κ1) is 13.9. The molecule has 4 rings (SSSR count). The minimum Gasteiger partial charge on any atom is -0.309 e. The average Bonchev–Trinajstić information content (AvgIpc) is 3.02. The molecule has 4 aromatic heterocycles. The Bertz CT molecular complexity index is 1060. The molecule has 0 atom stereocenters. The van der Waals surface area contributed by atoms with E-state index in [2.05, 4.69) is 20.1 Å². The molecule has 0 unspecified atom stereocenters. The Morgan fingerprint density at radius 2 is 2.13 bits per heavy atom. The van der Waals surface area contributed by atoms with Gasteiger partial charge in [-0.25, -0.2) is 4.98 Å². The number of thioether (sulfide) groups is 1. The highest BCUT2D eigenvalue weighted by Crippen LogP contribution is 2.14. The Morgan fingerprint density at radius 3 is 2.91 bits per heavy atom. The van der Waals surface area contributed by atoms with Crippen molar-refractivity contribution in [2.24, 2.45) is 0 Å². The normalized spacial score (nSPS) is 11.3. The Morgan fingerprint density at radius 1 is 1.22 bits per heavy atom. The molecule has 8 heteroatoms. The summed E-state index contributed by atoms with van der Waals surface area (Å²) >= 11 is 1.44. The van der Waals surface area contributed by atoms with Crippen LogP contribution in [-0.4, -0.2) is 35.4 Å². The highest BCUT2D eigenvalue weighted by molar-refractivity contribution is 7.98. The van der Waals surface area contributed by atoms with Crippen molar-refractivity contribution in [2.45, 2.75) is 11.7 Å². The van der Waals surface area contributed by atoms with E-state index in [-0.39, 0.29) is 5.56 Å². The number of hydrogen-bond donors (Lipinski definition) is 0. The second-order valence-electron chi connectivity index (χ2n) is 4.94. The van der Waals surface area contributed by atoms with E-state index in [1.54, 1.807) is 27.7 Å². The third-order valence-corrected chi connectivity index (χ3v) is 4.07. The van der Waals surface area contributed by atoms with E-state index in [9.17, 15) is 4.79 Å². The molecule has 0 aliphatic rings. The van der Waals surface area contributed by atoms with Gasteiger partial charge in [0.1, 0.15) is 0 Å². The zero-order chi connectivity index (χ0) is 15.8. The monoisotopic (exact) mass is 324 g/mol. The molecule has 0 aromatic carbocycles. The van der Waals surface area contributed by atoms with Crippen LogP contribution in [0.3, 0.4) is 0 Å². The standard InChI is InChI=1S/C15H12N6OS/c1-23-15-18-14-17-8-11-12(21(14)19-15)5-7-20(13(11)22)9-10-4-2-3-6-16-10/h2-8H,9H2,1H3. The van der Waals surface area contributed by atoms with Gasteiger partial charge in [0.25, 0.3) is 11.3 Å². The first-order valence-electron chi connectivity index (χ1n) is 6.95. The first-order chi connectivity index (χ1) is 11.3. The molecule has 0 amide bonds. The van der Waals surface area contributed by atoms with E-state index >= 15 is 0 Å². The summed E-state index contributed by atoms with van der Waals surface area (Å²) in [5, 5.41) is 5.49. The molecule has 4 heterocycles. The first-order valence-corrected chi connectivity index (χ1v) is 8.17. The molecule has 0 fully saturated rings. The molecule has 0 radical (unpaired) electrons. The maximum atomic E-state index is 12.7. The Balaban J connectivity index is 1.88. The van der Waals surface area contributed by atoms with Crippen LogP contribution in [0.25, 0.3) is 16.7 Å². The molecular formula is C15H12N6OS. The SMILES string of the molecule is CSc1nc2ncc3c(=O)n(Cc4ccccn4)ccc3n2n1. The van der Waals surface area contributed by atoms with Gasteiger partial charge in [0.15, 0.2) is 0 Å². The largest absolute Gasteiger partial charge is 0.309 e. The maximum Gasteiger partial charge on any atom is 0.261 e. The van der Waals surface area contributed by atoms with Crippen molar-refractivity contribution in [3.63, 3.8) is 0 Å². The Hall–Kier alpha value is -2.74. The van der Waals surface area contributed by atoms with Crippen LogP contribution < -0.4 is 5.56 Å².